The van der Waals surface area contributed by atoms with Crippen LogP contribution in [-0.2, 0) is 23.9 Å². The van der Waals surface area contributed by atoms with Crippen LogP contribution >= 0.6 is 0 Å². The van der Waals surface area contributed by atoms with Crippen LogP contribution in [0.2, 0.25) is 0 Å². The third-order valence-electron chi connectivity index (χ3n) is 6.50. The molecule has 0 aliphatic rings. The monoisotopic (exact) mass is 498 g/mol. The predicted molar refractivity (Wildman–Crippen MR) is 141 cm³/mol. The van der Waals surface area contributed by atoms with E-state index in [1.165, 1.54) is 25.7 Å². The van der Waals surface area contributed by atoms with Crippen LogP contribution in [0.25, 0.3) is 0 Å². The average Bonchev–Trinajstić information content (AvgIpc) is 2.83. The highest BCUT2D eigenvalue weighted by atomic mass is 16.6. The number of hydrogen-bond acceptors (Lipinski definition) is 5. The highest BCUT2D eigenvalue weighted by Crippen LogP contribution is 2.20. The first kappa shape index (κ1) is 33.4. The summed E-state index contributed by atoms with van der Waals surface area (Å²) in [5.74, 6) is -2.10. The summed E-state index contributed by atoms with van der Waals surface area (Å²) < 4.78 is 11.0. The number of carbonyl (C=O) groups excluding carboxylic acids is 2. The zero-order chi connectivity index (χ0) is 26.2. The molecule has 0 rings (SSSR count). The summed E-state index contributed by atoms with van der Waals surface area (Å²) >= 11 is 0. The molecule has 0 radical (unpaired) electrons. The summed E-state index contributed by atoms with van der Waals surface area (Å²) in [4.78, 5) is 36.5. The van der Waals surface area contributed by atoms with Gasteiger partial charge < -0.3 is 14.6 Å². The Labute approximate surface area is 214 Å². The van der Waals surface area contributed by atoms with Gasteiger partial charge in [-0.15, -0.1) is 0 Å². The highest BCUT2D eigenvalue weighted by Gasteiger charge is 2.26. The Hall–Kier alpha value is -1.59. The number of ether oxygens (including phenoxy) is 2. The molecule has 0 fully saturated rings. The van der Waals surface area contributed by atoms with Gasteiger partial charge in [-0.1, -0.05) is 111 Å². The highest BCUT2D eigenvalue weighted by molar-refractivity contribution is 5.71. The molecule has 35 heavy (non-hydrogen) atoms. The maximum Gasteiger partial charge on any atom is 0.306 e. The Morgan fingerprint density at radius 3 is 1.60 bits per heavy atom. The minimum absolute atomic E-state index is 0.0599. The molecule has 0 aliphatic carbocycles. The molecule has 0 aromatic carbocycles. The van der Waals surface area contributed by atoms with Gasteiger partial charge in [-0.2, -0.15) is 0 Å². The summed E-state index contributed by atoms with van der Waals surface area (Å²) in [5, 5.41) is 9.74. The smallest absolute Gasteiger partial charge is 0.306 e. The van der Waals surface area contributed by atoms with Gasteiger partial charge in [0.05, 0.1) is 5.92 Å². The van der Waals surface area contributed by atoms with E-state index >= 15 is 0 Å². The molecule has 0 saturated heterocycles. The van der Waals surface area contributed by atoms with Gasteiger partial charge in [-0.25, -0.2) is 0 Å². The van der Waals surface area contributed by atoms with Gasteiger partial charge >= 0.3 is 17.9 Å². The Bertz CT molecular complexity index is 533. The number of carbonyl (C=O) groups is 3. The lowest BCUT2D eigenvalue weighted by Gasteiger charge is -2.22. The lowest BCUT2D eigenvalue weighted by atomic mass is 9.94. The third-order valence-corrected chi connectivity index (χ3v) is 6.50. The quantitative estimate of drug-likeness (QED) is 0.101. The first-order chi connectivity index (χ1) is 16.9. The zero-order valence-electron chi connectivity index (χ0n) is 23.0. The van der Waals surface area contributed by atoms with Crippen molar-refractivity contribution in [2.24, 2.45) is 5.92 Å². The minimum Gasteiger partial charge on any atom is -0.481 e. The van der Waals surface area contributed by atoms with E-state index in [4.69, 9.17) is 9.47 Å². The maximum atomic E-state index is 12.4. The standard InChI is InChI=1S/C29H54O6/c1-4-7-10-13-16-17-20-25(29(32)33)23-26(35-28(31)22-19-15-12-9-6-3)24-34-27(30)21-18-14-11-8-5-2/h25-26H,4-24H2,1-3H3,(H,32,33). The van der Waals surface area contributed by atoms with Crippen molar-refractivity contribution in [1.29, 1.82) is 0 Å². The Morgan fingerprint density at radius 2 is 1.09 bits per heavy atom. The van der Waals surface area contributed by atoms with E-state index in [1.807, 2.05) is 0 Å². The molecule has 2 atom stereocenters. The number of carboxylic acid groups (broad SMARTS) is 1. The largest absolute Gasteiger partial charge is 0.481 e. The van der Waals surface area contributed by atoms with Gasteiger partial charge in [0.25, 0.3) is 0 Å². The van der Waals surface area contributed by atoms with Crippen LogP contribution in [-0.4, -0.2) is 35.7 Å². The second-order valence-corrected chi connectivity index (χ2v) is 9.95. The Morgan fingerprint density at radius 1 is 0.629 bits per heavy atom. The number of hydrogen-bond donors (Lipinski definition) is 1. The third kappa shape index (κ3) is 21.4. The van der Waals surface area contributed by atoms with Crippen molar-refractivity contribution in [2.45, 2.75) is 155 Å². The molecule has 0 amide bonds. The van der Waals surface area contributed by atoms with Crippen molar-refractivity contribution in [3.8, 4) is 0 Å². The van der Waals surface area contributed by atoms with E-state index in [0.29, 0.717) is 19.3 Å². The van der Waals surface area contributed by atoms with Crippen LogP contribution < -0.4 is 0 Å². The Kier molecular flexibility index (Phi) is 23.0. The zero-order valence-corrected chi connectivity index (χ0v) is 23.0. The molecule has 1 N–H and O–H groups in total. The number of carboxylic acids is 1. The van der Waals surface area contributed by atoms with E-state index in [-0.39, 0.29) is 25.0 Å². The van der Waals surface area contributed by atoms with E-state index < -0.39 is 18.0 Å². The molecule has 0 heterocycles. The maximum absolute atomic E-state index is 12.4. The predicted octanol–water partition coefficient (Wildman–Crippen LogP) is 8.00. The van der Waals surface area contributed by atoms with Crippen LogP contribution in [0.4, 0.5) is 0 Å². The minimum atomic E-state index is -0.874. The van der Waals surface area contributed by atoms with E-state index in [9.17, 15) is 19.5 Å². The number of rotatable bonds is 25. The SMILES string of the molecule is CCCCCCCCC(CC(COC(=O)CCCCCCC)OC(=O)CCCCCCC)C(=O)O. The summed E-state index contributed by atoms with van der Waals surface area (Å²) in [7, 11) is 0. The van der Waals surface area contributed by atoms with Crippen molar-refractivity contribution < 1.29 is 29.0 Å². The van der Waals surface area contributed by atoms with Crippen LogP contribution in [0, 0.1) is 5.92 Å². The molecule has 0 bridgehead atoms. The van der Waals surface area contributed by atoms with Crippen molar-refractivity contribution in [3.63, 3.8) is 0 Å². The van der Waals surface area contributed by atoms with Crippen LogP contribution in [0.1, 0.15) is 149 Å². The first-order valence-electron chi connectivity index (χ1n) is 14.5. The molecule has 6 nitrogen and oxygen atoms in total. The molecule has 0 aromatic rings. The lowest BCUT2D eigenvalue weighted by molar-refractivity contribution is -0.162. The topological polar surface area (TPSA) is 89.9 Å². The van der Waals surface area contributed by atoms with Gasteiger partial charge in [-0.05, 0) is 19.3 Å². The fourth-order valence-electron chi connectivity index (χ4n) is 4.23. The van der Waals surface area contributed by atoms with E-state index in [1.54, 1.807) is 0 Å². The van der Waals surface area contributed by atoms with Gasteiger partial charge in [0.2, 0.25) is 0 Å². The molecule has 6 heteroatoms. The van der Waals surface area contributed by atoms with Crippen molar-refractivity contribution in [1.82, 2.24) is 0 Å². The van der Waals surface area contributed by atoms with Gasteiger partial charge in [0.15, 0.2) is 0 Å². The van der Waals surface area contributed by atoms with Gasteiger partial charge in [0, 0.05) is 19.3 Å². The van der Waals surface area contributed by atoms with Crippen LogP contribution in [0.5, 0.6) is 0 Å². The van der Waals surface area contributed by atoms with Crippen molar-refractivity contribution in [2.75, 3.05) is 6.61 Å². The summed E-state index contributed by atoms with van der Waals surface area (Å²) in [6.07, 6.45) is 17.6. The molecule has 206 valence electrons. The molecule has 0 saturated carbocycles. The van der Waals surface area contributed by atoms with E-state index in [2.05, 4.69) is 20.8 Å². The molecule has 0 spiro atoms. The summed E-state index contributed by atoms with van der Waals surface area (Å²) in [6, 6.07) is 0. The van der Waals surface area contributed by atoms with Gasteiger partial charge in [0.1, 0.15) is 12.7 Å². The van der Waals surface area contributed by atoms with E-state index in [0.717, 1.165) is 77.0 Å². The second-order valence-electron chi connectivity index (χ2n) is 9.95. The van der Waals surface area contributed by atoms with Crippen molar-refractivity contribution >= 4 is 17.9 Å². The fourth-order valence-corrected chi connectivity index (χ4v) is 4.23. The second kappa shape index (κ2) is 24.1. The summed E-state index contributed by atoms with van der Waals surface area (Å²) in [5.41, 5.74) is 0. The lowest BCUT2D eigenvalue weighted by Crippen LogP contribution is -2.30. The number of aliphatic carboxylic acids is 1. The molecule has 0 aliphatic heterocycles. The van der Waals surface area contributed by atoms with Crippen LogP contribution in [0.15, 0.2) is 0 Å². The normalized spacial score (nSPS) is 12.8. The number of esters is 2. The van der Waals surface area contributed by atoms with Crippen LogP contribution in [0.3, 0.4) is 0 Å². The number of unbranched alkanes of at least 4 members (excludes halogenated alkanes) is 13. The molecular weight excluding hydrogens is 444 g/mol. The fraction of sp³-hybridized carbons (Fsp3) is 0.897. The molecule has 0 aromatic heterocycles. The first-order valence-corrected chi connectivity index (χ1v) is 14.5. The summed E-state index contributed by atoms with van der Waals surface area (Å²) in [6.45, 7) is 6.41. The molecular formula is C29H54O6. The Balaban J connectivity index is 4.70. The van der Waals surface area contributed by atoms with Gasteiger partial charge in [-0.3, -0.25) is 14.4 Å². The average molecular weight is 499 g/mol. The molecule has 2 unspecified atom stereocenters. The van der Waals surface area contributed by atoms with Crippen molar-refractivity contribution in [3.05, 3.63) is 0 Å².